The predicted octanol–water partition coefficient (Wildman–Crippen LogP) is 6.99. The zero-order chi connectivity index (χ0) is 23.9. The molecule has 0 fully saturated rings. The average Bonchev–Trinajstić information content (AvgIpc) is 3.16. The number of nitrogens with zero attached hydrogens (tertiary/aromatic N) is 4. The van der Waals surface area contributed by atoms with Gasteiger partial charge in [0.2, 0.25) is 5.65 Å². The summed E-state index contributed by atoms with van der Waals surface area (Å²) in [5, 5.41) is 0. The van der Waals surface area contributed by atoms with Gasteiger partial charge in [-0.2, -0.15) is 4.98 Å². The Balaban J connectivity index is 2.14. The molecule has 0 unspecified atom stereocenters. The van der Waals surface area contributed by atoms with Crippen LogP contribution in [-0.2, 0) is 0 Å². The Labute approximate surface area is 198 Å². The van der Waals surface area contributed by atoms with E-state index in [0.29, 0.717) is 23.7 Å². The molecule has 2 heterocycles. The first-order valence-corrected chi connectivity index (χ1v) is 12.2. The first kappa shape index (κ1) is 23.2. The van der Waals surface area contributed by atoms with Gasteiger partial charge in [-0.05, 0) is 45.9 Å². The van der Waals surface area contributed by atoms with Crippen LogP contribution < -0.4 is 4.57 Å². The summed E-state index contributed by atoms with van der Waals surface area (Å²) < 4.78 is 4.29. The van der Waals surface area contributed by atoms with Crippen molar-refractivity contribution in [2.75, 3.05) is 0 Å². The molecule has 0 aliphatic heterocycles. The third kappa shape index (κ3) is 4.07. The van der Waals surface area contributed by atoms with Gasteiger partial charge in [0.1, 0.15) is 6.20 Å². The minimum absolute atomic E-state index is 0.379. The van der Waals surface area contributed by atoms with E-state index in [2.05, 4.69) is 107 Å². The molecule has 33 heavy (non-hydrogen) atoms. The quantitative estimate of drug-likeness (QED) is 0.239. The van der Waals surface area contributed by atoms with Gasteiger partial charge in [0.15, 0.2) is 12.0 Å². The van der Waals surface area contributed by atoms with Gasteiger partial charge in [0.25, 0.3) is 0 Å². The lowest BCUT2D eigenvalue weighted by Gasteiger charge is -2.22. The molecule has 4 heteroatoms. The van der Waals surface area contributed by atoms with E-state index in [9.17, 15) is 0 Å². The molecule has 0 amide bonds. The van der Waals surface area contributed by atoms with E-state index in [4.69, 9.17) is 9.97 Å². The van der Waals surface area contributed by atoms with Gasteiger partial charge in [-0.15, -0.1) is 0 Å². The number of benzene rings is 2. The molecule has 0 aliphatic rings. The second kappa shape index (κ2) is 9.09. The van der Waals surface area contributed by atoms with Gasteiger partial charge < -0.3 is 4.57 Å². The third-order valence-electron chi connectivity index (χ3n) is 6.42. The molecule has 0 saturated heterocycles. The van der Waals surface area contributed by atoms with Crippen molar-refractivity contribution in [1.82, 2.24) is 14.5 Å². The molecular formula is C29H36N4. The van der Waals surface area contributed by atoms with E-state index in [1.165, 1.54) is 33.6 Å². The Hall–Kier alpha value is -3.01. The van der Waals surface area contributed by atoms with Crippen LogP contribution in [0.1, 0.15) is 101 Å². The normalized spacial score (nSPS) is 12.1. The third-order valence-corrected chi connectivity index (χ3v) is 6.42. The number of hydrogen-bond donors (Lipinski definition) is 0. The largest absolute Gasteiger partial charge is 0.309 e. The zero-order valence-corrected chi connectivity index (χ0v) is 21.2. The predicted molar refractivity (Wildman–Crippen MR) is 136 cm³/mol. The van der Waals surface area contributed by atoms with Crippen LogP contribution in [-0.4, -0.2) is 14.5 Å². The highest BCUT2D eigenvalue weighted by atomic mass is 15.2. The minimum atomic E-state index is 0.379. The number of para-hydroxylation sites is 2. The Kier molecular flexibility index (Phi) is 6.38. The molecule has 0 atom stereocenters. The van der Waals surface area contributed by atoms with Gasteiger partial charge in [-0.25, -0.2) is 0 Å². The lowest BCUT2D eigenvalue weighted by Crippen LogP contribution is -2.34. The molecule has 0 bridgehead atoms. The van der Waals surface area contributed by atoms with E-state index in [1.807, 2.05) is 0 Å². The molecule has 4 aromatic rings. The molecule has 4 rings (SSSR count). The monoisotopic (exact) mass is 440 g/mol. The molecular weight excluding hydrogens is 404 g/mol. The first-order valence-electron chi connectivity index (χ1n) is 12.2. The van der Waals surface area contributed by atoms with Crippen molar-refractivity contribution in [2.24, 2.45) is 0 Å². The molecule has 0 radical (unpaired) electrons. The van der Waals surface area contributed by atoms with E-state index >= 15 is 0 Å². The zero-order valence-electron chi connectivity index (χ0n) is 21.2. The second-order valence-electron chi connectivity index (χ2n) is 10.2. The fourth-order valence-electron chi connectivity index (χ4n) is 4.69. The molecule has 2 aromatic carbocycles. The van der Waals surface area contributed by atoms with Crippen molar-refractivity contribution in [3.05, 3.63) is 77.4 Å². The maximum absolute atomic E-state index is 4.80. The van der Waals surface area contributed by atoms with Crippen LogP contribution in [0.4, 0.5) is 0 Å². The summed E-state index contributed by atoms with van der Waals surface area (Å²) in [4.78, 5) is 9.60. The lowest BCUT2D eigenvalue weighted by atomic mass is 9.92. The van der Waals surface area contributed by atoms with E-state index in [0.717, 1.165) is 11.3 Å². The van der Waals surface area contributed by atoms with Crippen molar-refractivity contribution >= 4 is 11.3 Å². The topological polar surface area (TPSA) is 34.6 Å². The maximum atomic E-state index is 4.80. The summed E-state index contributed by atoms with van der Waals surface area (Å²) in [6.45, 7) is 18.0. The minimum Gasteiger partial charge on any atom is -0.309 e. The summed E-state index contributed by atoms with van der Waals surface area (Å²) in [5.41, 5.74) is 9.23. The van der Waals surface area contributed by atoms with E-state index < -0.39 is 0 Å². The second-order valence-corrected chi connectivity index (χ2v) is 10.2. The highest BCUT2D eigenvalue weighted by Gasteiger charge is 2.23. The van der Waals surface area contributed by atoms with Gasteiger partial charge in [0.05, 0.1) is 6.20 Å². The molecule has 4 nitrogen and oxygen atoms in total. The van der Waals surface area contributed by atoms with Crippen molar-refractivity contribution in [3.63, 3.8) is 0 Å². The van der Waals surface area contributed by atoms with Crippen LogP contribution >= 0.6 is 0 Å². The van der Waals surface area contributed by atoms with Gasteiger partial charge >= 0.3 is 0 Å². The molecule has 0 aliphatic carbocycles. The summed E-state index contributed by atoms with van der Waals surface area (Å²) in [7, 11) is 0. The number of imidazole rings is 1. The van der Waals surface area contributed by atoms with Crippen molar-refractivity contribution in [2.45, 2.75) is 79.1 Å². The van der Waals surface area contributed by atoms with Crippen LogP contribution in [0.3, 0.4) is 0 Å². The average molecular weight is 441 g/mol. The molecule has 172 valence electrons. The summed E-state index contributed by atoms with van der Waals surface area (Å²) >= 11 is 0. The lowest BCUT2D eigenvalue weighted by molar-refractivity contribution is -0.575. The van der Waals surface area contributed by atoms with Gasteiger partial charge in [-0.1, -0.05) is 91.8 Å². The SMILES string of the molecule is CC(C)c1cccc(C(C)C)c1-n1[c-][n+](-c2c(C(C)C)cccc2C(C)C)c2nccnc21. The van der Waals surface area contributed by atoms with Crippen LogP contribution in [0.15, 0.2) is 48.8 Å². The summed E-state index contributed by atoms with van der Waals surface area (Å²) in [6.07, 6.45) is 7.27. The fourth-order valence-corrected chi connectivity index (χ4v) is 4.69. The van der Waals surface area contributed by atoms with E-state index in [-0.39, 0.29) is 0 Å². The highest BCUT2D eigenvalue weighted by molar-refractivity contribution is 5.68. The van der Waals surface area contributed by atoms with Gasteiger partial charge in [0, 0.05) is 11.4 Å². The number of fused-ring (bicyclic) bond motifs is 1. The van der Waals surface area contributed by atoms with Crippen molar-refractivity contribution in [3.8, 4) is 11.4 Å². The Morgan fingerprint density at radius 3 is 1.61 bits per heavy atom. The number of hydrogen-bond acceptors (Lipinski definition) is 2. The maximum Gasteiger partial charge on any atom is 0.227 e. The van der Waals surface area contributed by atoms with Crippen LogP contribution in [0.5, 0.6) is 0 Å². The van der Waals surface area contributed by atoms with Crippen LogP contribution in [0.25, 0.3) is 22.7 Å². The van der Waals surface area contributed by atoms with Crippen molar-refractivity contribution < 1.29 is 4.57 Å². The molecule has 0 saturated carbocycles. The number of aromatic nitrogens is 4. The molecule has 0 spiro atoms. The first-order chi connectivity index (χ1) is 15.7. The highest BCUT2D eigenvalue weighted by Crippen LogP contribution is 2.33. The standard InChI is InChI=1S/C29H36N4/c1-18(2)22-11-9-12-23(19(3)4)26(22)32-17-33(29-28(32)30-15-16-31-29)27-24(20(5)6)13-10-14-25(27)21(7)8/h9-16,18-21H,1-8H3. The van der Waals surface area contributed by atoms with Crippen LogP contribution in [0, 0.1) is 6.33 Å². The van der Waals surface area contributed by atoms with Crippen LogP contribution in [0.2, 0.25) is 0 Å². The summed E-state index contributed by atoms with van der Waals surface area (Å²) in [6, 6.07) is 13.3. The van der Waals surface area contributed by atoms with Gasteiger partial charge in [-0.3, -0.25) is 9.55 Å². The smallest absolute Gasteiger partial charge is 0.227 e. The van der Waals surface area contributed by atoms with E-state index in [1.54, 1.807) is 12.4 Å². The summed E-state index contributed by atoms with van der Waals surface area (Å²) in [5.74, 6) is 1.51. The Bertz CT molecular complexity index is 1130. The number of rotatable bonds is 6. The Morgan fingerprint density at radius 1 is 0.667 bits per heavy atom. The fraction of sp³-hybridized carbons (Fsp3) is 0.414. The van der Waals surface area contributed by atoms with Crippen molar-refractivity contribution in [1.29, 1.82) is 0 Å². The molecule has 2 aromatic heterocycles. The molecule has 0 N–H and O–H groups in total. The Morgan fingerprint density at radius 2 is 1.12 bits per heavy atom.